The molecule has 116 valence electrons. The van der Waals surface area contributed by atoms with Gasteiger partial charge in [0.05, 0.1) is 15.0 Å². The third-order valence-electron chi connectivity index (χ3n) is 4.00. The quantitative estimate of drug-likeness (QED) is 0.503. The number of rotatable bonds is 2. The van der Waals surface area contributed by atoms with Gasteiger partial charge in [-0.1, -0.05) is 72.5 Å². The molecule has 1 aromatic carbocycles. The molecule has 2 nitrogen and oxygen atoms in total. The van der Waals surface area contributed by atoms with Crippen LogP contribution in [0.1, 0.15) is 37.7 Å². The number of thioether (sulfide) groups is 1. The first-order chi connectivity index (χ1) is 10.6. The Bertz CT molecular complexity index is 654. The van der Waals surface area contributed by atoms with Gasteiger partial charge < -0.3 is 0 Å². The molecule has 2 aliphatic rings. The van der Waals surface area contributed by atoms with Crippen LogP contribution >= 0.6 is 47.2 Å². The fourth-order valence-corrected chi connectivity index (χ4v) is 4.59. The van der Waals surface area contributed by atoms with Gasteiger partial charge in [0, 0.05) is 6.04 Å². The highest BCUT2D eigenvalue weighted by atomic mass is 35.5. The minimum atomic E-state index is 0.0213. The Morgan fingerprint density at radius 3 is 2.59 bits per heavy atom. The molecular formula is C16H15Cl2NOS2. The molecule has 0 unspecified atom stereocenters. The number of benzene rings is 1. The standard InChI is InChI=1S/C16H15Cl2NOS2/c17-12-7-6-10(8-13(12)18)9-14-15(20)19(16(21)22-14)11-4-2-1-3-5-11/h6-9,11H,1-5H2/b14-9+. The van der Waals surface area contributed by atoms with Crippen LogP contribution in [0.3, 0.4) is 0 Å². The minimum Gasteiger partial charge on any atom is -0.290 e. The summed E-state index contributed by atoms with van der Waals surface area (Å²) in [6, 6.07) is 5.61. The lowest BCUT2D eigenvalue weighted by molar-refractivity contribution is -0.124. The zero-order chi connectivity index (χ0) is 15.7. The summed E-state index contributed by atoms with van der Waals surface area (Å²) in [6.07, 6.45) is 7.54. The summed E-state index contributed by atoms with van der Waals surface area (Å²) in [6.45, 7) is 0. The van der Waals surface area contributed by atoms with E-state index in [-0.39, 0.29) is 11.9 Å². The molecule has 1 aliphatic carbocycles. The molecule has 1 aromatic rings. The number of hydrogen-bond donors (Lipinski definition) is 0. The molecule has 2 fully saturated rings. The van der Waals surface area contributed by atoms with Gasteiger partial charge in [0.25, 0.3) is 5.91 Å². The largest absolute Gasteiger partial charge is 0.290 e. The van der Waals surface area contributed by atoms with Crippen molar-refractivity contribution in [3.63, 3.8) is 0 Å². The minimum absolute atomic E-state index is 0.0213. The summed E-state index contributed by atoms with van der Waals surface area (Å²) in [5, 5.41) is 0.992. The van der Waals surface area contributed by atoms with E-state index in [1.165, 1.54) is 31.0 Å². The fraction of sp³-hybridized carbons (Fsp3) is 0.375. The SMILES string of the molecule is O=C1/C(=C\c2ccc(Cl)c(Cl)c2)SC(=S)N1C1CCCCC1. The van der Waals surface area contributed by atoms with E-state index < -0.39 is 0 Å². The highest BCUT2D eigenvalue weighted by Crippen LogP contribution is 2.37. The van der Waals surface area contributed by atoms with Crippen molar-refractivity contribution in [3.8, 4) is 0 Å². The Hall–Kier alpha value is -0.550. The highest BCUT2D eigenvalue weighted by Gasteiger charge is 2.37. The third-order valence-corrected chi connectivity index (χ3v) is 6.07. The van der Waals surface area contributed by atoms with E-state index in [9.17, 15) is 4.79 Å². The first-order valence-electron chi connectivity index (χ1n) is 7.28. The van der Waals surface area contributed by atoms with Gasteiger partial charge in [-0.05, 0) is 36.6 Å². The van der Waals surface area contributed by atoms with Crippen molar-refractivity contribution >= 4 is 63.5 Å². The van der Waals surface area contributed by atoms with E-state index in [1.54, 1.807) is 12.1 Å². The number of thiocarbonyl (C=S) groups is 1. The van der Waals surface area contributed by atoms with Gasteiger partial charge in [0.2, 0.25) is 0 Å². The molecule has 1 heterocycles. The molecule has 22 heavy (non-hydrogen) atoms. The Morgan fingerprint density at radius 1 is 1.18 bits per heavy atom. The highest BCUT2D eigenvalue weighted by molar-refractivity contribution is 8.26. The maximum absolute atomic E-state index is 12.7. The van der Waals surface area contributed by atoms with Gasteiger partial charge >= 0.3 is 0 Å². The molecule has 0 radical (unpaired) electrons. The number of carbonyl (C=O) groups is 1. The summed E-state index contributed by atoms with van der Waals surface area (Å²) in [7, 11) is 0. The Balaban J connectivity index is 1.83. The second kappa shape index (κ2) is 6.91. The van der Waals surface area contributed by atoms with Crippen LogP contribution in [0.5, 0.6) is 0 Å². The van der Waals surface area contributed by atoms with Gasteiger partial charge in [0.15, 0.2) is 0 Å². The van der Waals surface area contributed by atoms with Crippen LogP contribution in [-0.2, 0) is 4.79 Å². The zero-order valence-electron chi connectivity index (χ0n) is 11.9. The van der Waals surface area contributed by atoms with E-state index in [1.807, 2.05) is 17.0 Å². The molecule has 0 bridgehead atoms. The summed E-state index contributed by atoms with van der Waals surface area (Å²) in [5.74, 6) is 0.0213. The number of carbonyl (C=O) groups excluding carboxylic acids is 1. The Labute approximate surface area is 149 Å². The van der Waals surface area contributed by atoms with Crippen LogP contribution in [0.2, 0.25) is 10.0 Å². The molecule has 1 saturated carbocycles. The van der Waals surface area contributed by atoms with Crippen molar-refractivity contribution in [2.24, 2.45) is 0 Å². The van der Waals surface area contributed by atoms with Crippen LogP contribution < -0.4 is 0 Å². The van der Waals surface area contributed by atoms with Crippen molar-refractivity contribution in [1.82, 2.24) is 4.90 Å². The Kier molecular flexibility index (Phi) is 5.13. The lowest BCUT2D eigenvalue weighted by atomic mass is 9.94. The average molecular weight is 372 g/mol. The van der Waals surface area contributed by atoms with E-state index in [0.717, 1.165) is 18.4 Å². The smallest absolute Gasteiger partial charge is 0.266 e. The van der Waals surface area contributed by atoms with Gasteiger partial charge in [-0.25, -0.2) is 0 Å². The number of halogens is 2. The van der Waals surface area contributed by atoms with E-state index >= 15 is 0 Å². The van der Waals surface area contributed by atoms with E-state index in [0.29, 0.717) is 19.3 Å². The maximum atomic E-state index is 12.7. The van der Waals surface area contributed by atoms with Crippen LogP contribution in [0, 0.1) is 0 Å². The summed E-state index contributed by atoms with van der Waals surface area (Å²) >= 11 is 18.7. The van der Waals surface area contributed by atoms with E-state index in [2.05, 4.69) is 0 Å². The van der Waals surface area contributed by atoms with Gasteiger partial charge in [-0.2, -0.15) is 0 Å². The maximum Gasteiger partial charge on any atom is 0.266 e. The van der Waals surface area contributed by atoms with Gasteiger partial charge in [0.1, 0.15) is 4.32 Å². The molecule has 0 aromatic heterocycles. The summed E-state index contributed by atoms with van der Waals surface area (Å²) in [5.41, 5.74) is 0.860. The van der Waals surface area contributed by atoms with Crippen LogP contribution in [-0.4, -0.2) is 21.2 Å². The molecule has 0 spiro atoms. The van der Waals surface area contributed by atoms with Gasteiger partial charge in [-0.15, -0.1) is 0 Å². The summed E-state index contributed by atoms with van der Waals surface area (Å²) in [4.78, 5) is 15.1. The molecule has 0 atom stereocenters. The molecule has 1 aliphatic heterocycles. The zero-order valence-corrected chi connectivity index (χ0v) is 15.0. The lowest BCUT2D eigenvalue weighted by Gasteiger charge is -2.29. The monoisotopic (exact) mass is 371 g/mol. The summed E-state index contributed by atoms with van der Waals surface area (Å²) < 4.78 is 0.670. The van der Waals surface area contributed by atoms with Crippen molar-refractivity contribution in [3.05, 3.63) is 38.7 Å². The predicted octanol–water partition coefficient (Wildman–Crippen LogP) is 5.53. The third kappa shape index (κ3) is 3.35. The van der Waals surface area contributed by atoms with Crippen LogP contribution in [0.25, 0.3) is 6.08 Å². The van der Waals surface area contributed by atoms with Crippen LogP contribution in [0.4, 0.5) is 0 Å². The molecule has 0 N–H and O–H groups in total. The topological polar surface area (TPSA) is 20.3 Å². The molecule has 1 amide bonds. The molecule has 6 heteroatoms. The average Bonchev–Trinajstić information content (AvgIpc) is 2.78. The van der Waals surface area contributed by atoms with Crippen molar-refractivity contribution in [1.29, 1.82) is 0 Å². The van der Waals surface area contributed by atoms with E-state index in [4.69, 9.17) is 35.4 Å². The van der Waals surface area contributed by atoms with Crippen molar-refractivity contribution in [2.75, 3.05) is 0 Å². The van der Waals surface area contributed by atoms with Crippen molar-refractivity contribution in [2.45, 2.75) is 38.1 Å². The second-order valence-electron chi connectivity index (χ2n) is 5.52. The first kappa shape index (κ1) is 16.3. The van der Waals surface area contributed by atoms with Gasteiger partial charge in [-0.3, -0.25) is 9.69 Å². The first-order valence-corrected chi connectivity index (χ1v) is 9.26. The normalized spacial score (nSPS) is 21.9. The predicted molar refractivity (Wildman–Crippen MR) is 98.3 cm³/mol. The Morgan fingerprint density at radius 2 is 1.91 bits per heavy atom. The number of nitrogens with zero attached hydrogens (tertiary/aromatic N) is 1. The van der Waals surface area contributed by atoms with Crippen LogP contribution in [0.15, 0.2) is 23.1 Å². The molecule has 1 saturated heterocycles. The molecular weight excluding hydrogens is 357 g/mol. The van der Waals surface area contributed by atoms with Crippen molar-refractivity contribution < 1.29 is 4.79 Å². The molecule has 3 rings (SSSR count). The number of amides is 1. The number of hydrogen-bond acceptors (Lipinski definition) is 3. The fourth-order valence-electron chi connectivity index (χ4n) is 2.89. The lowest BCUT2D eigenvalue weighted by Crippen LogP contribution is -2.39. The second-order valence-corrected chi connectivity index (χ2v) is 8.01.